The molecule has 10 aromatic rings. The number of hydrogen-bond acceptors (Lipinski definition) is 16. The molecule has 2 aromatic carbocycles. The van der Waals surface area contributed by atoms with Crippen LogP contribution in [0, 0.1) is 0 Å². The Morgan fingerprint density at radius 3 is 1.52 bits per heavy atom. The van der Waals surface area contributed by atoms with Gasteiger partial charge in [-0.2, -0.15) is 36.5 Å². The molecule has 0 spiro atoms. The molecule has 0 saturated carbocycles. The van der Waals surface area contributed by atoms with Gasteiger partial charge in [-0.25, -0.2) is 33.7 Å². The van der Waals surface area contributed by atoms with E-state index in [2.05, 4.69) is 30.1 Å². The van der Waals surface area contributed by atoms with Crippen molar-refractivity contribution in [1.82, 2.24) is 66.9 Å². The number of esters is 1. The van der Waals surface area contributed by atoms with Gasteiger partial charge >= 0.3 is 65.4 Å². The monoisotopic (exact) mass is 1270 g/mol. The average Bonchev–Trinajstić information content (AvgIpc) is 1.63. The second kappa shape index (κ2) is 30.2. The van der Waals surface area contributed by atoms with Crippen molar-refractivity contribution in [3.05, 3.63) is 197 Å². The minimum atomic E-state index is -4.49. The average molecular weight is 1270 g/mol. The normalized spacial score (nSPS) is 11.2. The number of hydrogen-bond donors (Lipinski definition) is 0. The van der Waals surface area contributed by atoms with Crippen LogP contribution in [0.2, 0.25) is 0 Å². The van der Waals surface area contributed by atoms with Gasteiger partial charge in [0, 0.05) is 51.0 Å². The first-order valence-electron chi connectivity index (χ1n) is 26.6. The number of rotatable bonds is 17. The minimum Gasteiger partial charge on any atom is -0.870 e. The summed E-state index contributed by atoms with van der Waals surface area (Å²) < 4.78 is 99.2. The number of aryl methyl sites for hydroxylation is 2. The van der Waals surface area contributed by atoms with Crippen molar-refractivity contribution in [2.45, 2.75) is 98.9 Å². The van der Waals surface area contributed by atoms with Crippen LogP contribution in [0.15, 0.2) is 142 Å². The number of alkyl halides is 7. The van der Waals surface area contributed by atoms with Crippen molar-refractivity contribution in [3.63, 3.8) is 0 Å². The maximum Gasteiger partial charge on any atom is 1.00 e. The van der Waals surface area contributed by atoms with Gasteiger partial charge in [-0.1, -0.05) is 49.7 Å². The first-order chi connectivity index (χ1) is 41.6. The Kier molecular flexibility index (Phi) is 23.4. The molecule has 24 nitrogen and oxygen atoms in total. The molecule has 89 heavy (non-hydrogen) atoms. The van der Waals surface area contributed by atoms with E-state index >= 15 is 0 Å². The Morgan fingerprint density at radius 2 is 1.07 bits per heavy atom. The van der Waals surface area contributed by atoms with Crippen molar-refractivity contribution < 1.29 is 85.2 Å². The number of halogens is 7. The smallest absolute Gasteiger partial charge is 0.870 e. The van der Waals surface area contributed by atoms with E-state index in [-0.39, 0.29) is 119 Å². The summed E-state index contributed by atoms with van der Waals surface area (Å²) >= 11 is 5.59. The molecule has 32 heteroatoms. The zero-order valence-electron chi connectivity index (χ0n) is 48.1. The van der Waals surface area contributed by atoms with Gasteiger partial charge in [0.05, 0.1) is 59.6 Å². The van der Waals surface area contributed by atoms with Crippen molar-refractivity contribution in [3.8, 4) is 22.8 Å². The van der Waals surface area contributed by atoms with E-state index in [0.717, 1.165) is 38.0 Å². The first kappa shape index (κ1) is 69.0. The van der Waals surface area contributed by atoms with Gasteiger partial charge in [-0.15, -0.1) is 17.7 Å². The molecule has 0 saturated heterocycles. The molecule has 10 rings (SSSR count). The van der Waals surface area contributed by atoms with Gasteiger partial charge in [0.2, 0.25) is 0 Å². The Balaban J connectivity index is 0.000000248. The molecule has 0 bridgehead atoms. The van der Waals surface area contributed by atoms with E-state index in [1.54, 1.807) is 63.8 Å². The molecule has 0 aliphatic heterocycles. The van der Waals surface area contributed by atoms with Gasteiger partial charge in [-0.3, -0.25) is 51.8 Å². The first-order valence-corrected chi connectivity index (χ1v) is 27.2. The summed E-state index contributed by atoms with van der Waals surface area (Å²) in [5.74, 6) is -0.507. The summed E-state index contributed by atoms with van der Waals surface area (Å²) in [7, 11) is 0. The van der Waals surface area contributed by atoms with E-state index < -0.39 is 70.8 Å². The molecule has 0 unspecified atom stereocenters. The van der Waals surface area contributed by atoms with Crippen molar-refractivity contribution >= 4 is 52.3 Å². The molecular weight excluding hydrogens is 1210 g/mol. The number of imidazole rings is 2. The van der Waals surface area contributed by atoms with E-state index in [9.17, 15) is 59.9 Å². The van der Waals surface area contributed by atoms with Crippen LogP contribution in [0.4, 0.5) is 31.1 Å². The number of benzene rings is 2. The molecule has 0 atom stereocenters. The summed E-state index contributed by atoms with van der Waals surface area (Å²) in [6.45, 7) is 7.42. The number of carbonyl (C=O) groups excluding carboxylic acids is 3. The molecule has 462 valence electrons. The second-order valence-corrected chi connectivity index (χ2v) is 19.1. The fourth-order valence-electron chi connectivity index (χ4n) is 9.08. The summed E-state index contributed by atoms with van der Waals surface area (Å²) in [6, 6.07) is 15.4. The zero-order valence-corrected chi connectivity index (χ0v) is 50.9. The van der Waals surface area contributed by atoms with Gasteiger partial charge in [-0.05, 0) is 86.6 Å². The maximum atomic E-state index is 13.6. The van der Waals surface area contributed by atoms with E-state index in [0.29, 0.717) is 35.1 Å². The number of nitrogens with zero attached hydrogens (tertiary/aromatic N) is 14. The minimum absolute atomic E-state index is 0. The fourth-order valence-corrected chi connectivity index (χ4v) is 9.18. The number of aromatic nitrogens is 14. The Bertz CT molecular complexity index is 4370. The SMILES string of the molecule is CCCn1c(=O)c2c(nc(-c3cnn(Cc4cccc(C(F)(F)F)c4)c3)n2C(=O)OCCl)n(CC)c1=O.CCCn1c(=O)c2c(nc(-c3cnn(Cc4cccc(C(F)(F)F)c4)c3)n2COC(=O)c2ccncc2)n(CC)c1=O.O=[C-]c1ccncc1.[Na+].[OH-]. The zero-order chi connectivity index (χ0) is 62.7. The van der Waals surface area contributed by atoms with Crippen molar-refractivity contribution in [2.24, 2.45) is 0 Å². The van der Waals surface area contributed by atoms with Crippen LogP contribution < -0.4 is 52.1 Å². The van der Waals surface area contributed by atoms with E-state index in [4.69, 9.17) is 21.1 Å². The Morgan fingerprint density at radius 1 is 0.607 bits per heavy atom. The predicted octanol–water partition coefficient (Wildman–Crippen LogP) is 5.20. The molecule has 0 aliphatic rings. The van der Waals surface area contributed by atoms with Crippen LogP contribution in [0.25, 0.3) is 45.1 Å². The van der Waals surface area contributed by atoms with Gasteiger partial charge in [0.1, 0.15) is 5.82 Å². The third kappa shape index (κ3) is 15.6. The summed E-state index contributed by atoms with van der Waals surface area (Å²) in [5, 5.41) is 8.46. The quantitative estimate of drug-likeness (QED) is 0.0372. The van der Waals surface area contributed by atoms with Crippen LogP contribution in [-0.2, 0) is 72.6 Å². The van der Waals surface area contributed by atoms with Crippen LogP contribution >= 0.6 is 11.6 Å². The van der Waals surface area contributed by atoms with Crippen LogP contribution in [0.1, 0.15) is 78.7 Å². The van der Waals surface area contributed by atoms with E-state index in [1.807, 2.05) is 6.92 Å². The third-order valence-corrected chi connectivity index (χ3v) is 13.2. The largest absolute Gasteiger partial charge is 1.00 e. The summed E-state index contributed by atoms with van der Waals surface area (Å²) in [4.78, 5) is 105. The van der Waals surface area contributed by atoms with Gasteiger partial charge < -0.3 is 19.7 Å². The molecule has 1 N–H and O–H groups in total. The summed E-state index contributed by atoms with van der Waals surface area (Å²) in [6.07, 6.45) is 4.61. The summed E-state index contributed by atoms with van der Waals surface area (Å²) in [5.41, 5.74) is -1.76. The topological polar surface area (TPSA) is 285 Å². The Labute approximate surface area is 526 Å². The maximum absolute atomic E-state index is 13.6. The molecule has 0 aliphatic carbocycles. The molecule has 0 fully saturated rings. The number of ether oxygens (including phenoxy) is 2. The van der Waals surface area contributed by atoms with Crippen molar-refractivity contribution in [2.75, 3.05) is 6.07 Å². The van der Waals surface area contributed by atoms with Crippen LogP contribution in [0.3, 0.4) is 0 Å². The fraction of sp³-hybridized carbons (Fsp3) is 0.281. The molecular formula is C57H53ClF6N14NaO10-. The number of fused-ring (bicyclic) bond motifs is 2. The van der Waals surface area contributed by atoms with Crippen LogP contribution in [0.5, 0.6) is 0 Å². The standard InChI is InChI=1S/C28H26F3N7O4.C23H22ClF3N6O4.C6H4NO.Na.H2O/c1-3-12-37-25(39)22-24(36(4-2)27(37)41)34-23(38(22)17-42-26(40)19-8-10-32-11-9-19)20-14-33-35(16-20)15-18-6-5-7-21(13-18)28(29,30)31;1-3-8-32-20(34)17-19(31(4-2)21(32)35)29-18(33(17)22(36)37-13-24)15-10-28-30(12-15)11-14-6-5-7-16(9-14)23(25,26)27;8-5-6-1-3-7-4-2-6;;/h5-11,13-14,16H,3-4,12,15,17H2,1-2H3;5-7,9-10,12H,3-4,8,11,13H2,1-2H3;1-4H;;1H2/q;;-1;+1;/p-1. The van der Waals surface area contributed by atoms with E-state index in [1.165, 1.54) is 84.4 Å². The second-order valence-electron chi connectivity index (χ2n) is 18.8. The molecule has 0 radical (unpaired) electrons. The number of pyridine rings is 2. The van der Waals surface area contributed by atoms with Gasteiger partial charge in [0.15, 0.2) is 40.9 Å². The van der Waals surface area contributed by atoms with Crippen molar-refractivity contribution in [1.29, 1.82) is 0 Å². The predicted molar refractivity (Wildman–Crippen MR) is 305 cm³/mol. The third-order valence-electron chi connectivity index (χ3n) is 13.0. The van der Waals surface area contributed by atoms with Gasteiger partial charge in [0.25, 0.3) is 11.1 Å². The van der Waals surface area contributed by atoms with Crippen LogP contribution in [-0.4, -0.2) is 96.8 Å². The molecule has 8 aromatic heterocycles. The number of carbonyl (C=O) groups is 2. The Hall–Kier alpha value is -9.10. The molecule has 0 amide bonds. The molecule has 8 heterocycles.